The fourth-order valence-electron chi connectivity index (χ4n) is 2.48. The molecule has 0 spiro atoms. The van der Waals surface area contributed by atoms with E-state index in [0.29, 0.717) is 0 Å². The quantitative estimate of drug-likeness (QED) is 0.481. The molecule has 0 aliphatic rings. The van der Waals surface area contributed by atoms with E-state index in [9.17, 15) is 0 Å². The van der Waals surface area contributed by atoms with E-state index in [0.717, 1.165) is 35.5 Å². The molecule has 0 radical (unpaired) electrons. The second-order valence-electron chi connectivity index (χ2n) is 5.02. The van der Waals surface area contributed by atoms with Crippen molar-refractivity contribution in [3.05, 3.63) is 23.3 Å². The molecule has 0 amide bonds. The van der Waals surface area contributed by atoms with Crippen molar-refractivity contribution in [1.29, 1.82) is 0 Å². The van der Waals surface area contributed by atoms with Crippen LogP contribution in [0, 0.1) is 0 Å². The topological polar surface area (TPSA) is 36.9 Å². The van der Waals surface area contributed by atoms with Crippen LogP contribution in [0.25, 0.3) is 0 Å². The van der Waals surface area contributed by atoms with Gasteiger partial charge in [-0.1, -0.05) is 26.2 Å². The summed E-state index contributed by atoms with van der Waals surface area (Å²) in [5, 5.41) is 0. The van der Waals surface area contributed by atoms with Crippen LogP contribution in [0.4, 0.5) is 0 Å². The van der Waals surface area contributed by atoms with Crippen molar-refractivity contribution in [2.24, 2.45) is 0 Å². The first-order chi connectivity index (χ1) is 10.2. The normalized spacial score (nSPS) is 11.0. The Bertz CT molecular complexity index is 388. The van der Waals surface area contributed by atoms with Gasteiger partial charge in [0, 0.05) is 25.3 Å². The molecule has 0 aliphatic heterocycles. The molecule has 0 aromatic heterocycles. The molecule has 1 aromatic rings. The lowest BCUT2D eigenvalue weighted by Crippen LogP contribution is -2.06. The maximum absolute atomic E-state index is 5.53. The van der Waals surface area contributed by atoms with Crippen molar-refractivity contribution in [2.45, 2.75) is 45.3 Å². The molecule has 0 unspecified atom stereocenters. The number of hydrogen-bond acceptors (Lipinski definition) is 4. The van der Waals surface area contributed by atoms with Gasteiger partial charge in [0.25, 0.3) is 0 Å². The van der Waals surface area contributed by atoms with Gasteiger partial charge in [0.1, 0.15) is 11.5 Å². The summed E-state index contributed by atoms with van der Waals surface area (Å²) in [4.78, 5) is 0. The number of benzene rings is 1. The van der Waals surface area contributed by atoms with Gasteiger partial charge in [-0.05, 0) is 25.0 Å². The van der Waals surface area contributed by atoms with Crippen molar-refractivity contribution >= 4 is 0 Å². The Labute approximate surface area is 128 Å². The first-order valence-electron chi connectivity index (χ1n) is 7.52. The number of methoxy groups -OCH3 is 4. The van der Waals surface area contributed by atoms with E-state index in [1.165, 1.54) is 19.3 Å². The van der Waals surface area contributed by atoms with Crippen molar-refractivity contribution in [2.75, 3.05) is 28.4 Å². The van der Waals surface area contributed by atoms with Gasteiger partial charge >= 0.3 is 0 Å². The molecule has 120 valence electrons. The summed E-state index contributed by atoms with van der Waals surface area (Å²) in [7, 11) is 6.60. The Morgan fingerprint density at radius 3 is 1.86 bits per heavy atom. The van der Waals surface area contributed by atoms with Crippen LogP contribution in [0.2, 0.25) is 0 Å². The van der Waals surface area contributed by atoms with E-state index in [4.69, 9.17) is 18.9 Å². The predicted molar refractivity (Wildman–Crippen MR) is 84.2 cm³/mol. The van der Waals surface area contributed by atoms with Crippen LogP contribution in [0.15, 0.2) is 12.1 Å². The van der Waals surface area contributed by atoms with Crippen LogP contribution >= 0.6 is 0 Å². The summed E-state index contributed by atoms with van der Waals surface area (Å²) in [5.74, 6) is 1.67. The molecular formula is C17H28O4. The zero-order valence-electron chi connectivity index (χ0n) is 13.9. The SMILES string of the molecule is CCCCCCc1c(OC)cc(C(OC)OC)cc1OC. The van der Waals surface area contributed by atoms with Crippen LogP contribution in [0.5, 0.6) is 11.5 Å². The zero-order valence-corrected chi connectivity index (χ0v) is 13.9. The van der Waals surface area contributed by atoms with Gasteiger partial charge < -0.3 is 18.9 Å². The fraction of sp³-hybridized carbons (Fsp3) is 0.647. The molecule has 1 aromatic carbocycles. The highest BCUT2D eigenvalue weighted by Gasteiger charge is 2.17. The third-order valence-electron chi connectivity index (χ3n) is 3.61. The number of rotatable bonds is 10. The predicted octanol–water partition coefficient (Wildman–Crippen LogP) is 4.12. The fourth-order valence-corrected chi connectivity index (χ4v) is 2.48. The molecule has 0 heterocycles. The molecule has 4 nitrogen and oxygen atoms in total. The number of ether oxygens (including phenoxy) is 4. The molecule has 1 rings (SSSR count). The molecule has 0 N–H and O–H groups in total. The standard InChI is InChI=1S/C17H28O4/c1-6-7-8-9-10-14-15(18-2)11-13(12-16(14)19-3)17(20-4)21-5/h11-12,17H,6-10H2,1-5H3. The highest BCUT2D eigenvalue weighted by atomic mass is 16.7. The van der Waals surface area contributed by atoms with Crippen molar-refractivity contribution in [3.63, 3.8) is 0 Å². The lowest BCUT2D eigenvalue weighted by atomic mass is 10.0. The van der Waals surface area contributed by atoms with Gasteiger partial charge in [-0.3, -0.25) is 0 Å². The van der Waals surface area contributed by atoms with Gasteiger partial charge in [0.05, 0.1) is 14.2 Å². The summed E-state index contributed by atoms with van der Waals surface area (Å²) in [6, 6.07) is 3.94. The maximum Gasteiger partial charge on any atom is 0.183 e. The first kappa shape index (κ1) is 17.8. The Kier molecular flexibility index (Phi) is 8.16. The summed E-state index contributed by atoms with van der Waals surface area (Å²) < 4.78 is 21.7. The highest BCUT2D eigenvalue weighted by molar-refractivity contribution is 5.48. The van der Waals surface area contributed by atoms with Crippen LogP contribution in [0.1, 0.15) is 50.0 Å². The van der Waals surface area contributed by atoms with E-state index >= 15 is 0 Å². The van der Waals surface area contributed by atoms with Crippen LogP contribution in [-0.2, 0) is 15.9 Å². The van der Waals surface area contributed by atoms with Gasteiger partial charge in [-0.25, -0.2) is 0 Å². The summed E-state index contributed by atoms with van der Waals surface area (Å²) in [6.07, 6.45) is 5.40. The van der Waals surface area contributed by atoms with E-state index in [-0.39, 0.29) is 0 Å². The third kappa shape index (κ3) is 4.90. The van der Waals surface area contributed by atoms with E-state index in [2.05, 4.69) is 6.92 Å². The minimum atomic E-state index is -0.415. The Morgan fingerprint density at radius 2 is 1.43 bits per heavy atom. The number of unbranched alkanes of at least 4 members (excludes halogenated alkanes) is 3. The minimum absolute atomic E-state index is 0.415. The van der Waals surface area contributed by atoms with Crippen LogP contribution < -0.4 is 9.47 Å². The second kappa shape index (κ2) is 9.64. The average Bonchev–Trinajstić information content (AvgIpc) is 2.52. The van der Waals surface area contributed by atoms with E-state index in [1.54, 1.807) is 28.4 Å². The van der Waals surface area contributed by atoms with Gasteiger partial charge in [0.2, 0.25) is 0 Å². The lowest BCUT2D eigenvalue weighted by molar-refractivity contribution is -0.106. The average molecular weight is 296 g/mol. The molecule has 0 atom stereocenters. The molecule has 0 bridgehead atoms. The Balaban J connectivity index is 3.00. The summed E-state index contributed by atoms with van der Waals surface area (Å²) >= 11 is 0. The minimum Gasteiger partial charge on any atom is -0.496 e. The largest absolute Gasteiger partial charge is 0.496 e. The molecule has 0 fully saturated rings. The summed E-state index contributed by atoms with van der Waals surface area (Å²) in [5.41, 5.74) is 2.01. The van der Waals surface area contributed by atoms with Crippen molar-refractivity contribution in [1.82, 2.24) is 0 Å². The molecule has 0 aliphatic carbocycles. The van der Waals surface area contributed by atoms with E-state index in [1.807, 2.05) is 12.1 Å². The second-order valence-corrected chi connectivity index (χ2v) is 5.02. The van der Waals surface area contributed by atoms with Crippen LogP contribution in [0.3, 0.4) is 0 Å². The smallest absolute Gasteiger partial charge is 0.183 e. The zero-order chi connectivity index (χ0) is 15.7. The van der Waals surface area contributed by atoms with Gasteiger partial charge in [-0.2, -0.15) is 0 Å². The first-order valence-corrected chi connectivity index (χ1v) is 7.52. The third-order valence-corrected chi connectivity index (χ3v) is 3.61. The monoisotopic (exact) mass is 296 g/mol. The molecule has 0 saturated heterocycles. The van der Waals surface area contributed by atoms with Crippen molar-refractivity contribution < 1.29 is 18.9 Å². The van der Waals surface area contributed by atoms with Gasteiger partial charge in [0.15, 0.2) is 6.29 Å². The Morgan fingerprint density at radius 1 is 0.857 bits per heavy atom. The van der Waals surface area contributed by atoms with E-state index < -0.39 is 6.29 Å². The molecular weight excluding hydrogens is 268 g/mol. The lowest BCUT2D eigenvalue weighted by Gasteiger charge is -2.19. The number of hydrogen-bond donors (Lipinski definition) is 0. The maximum atomic E-state index is 5.53. The van der Waals surface area contributed by atoms with Gasteiger partial charge in [-0.15, -0.1) is 0 Å². The molecule has 0 saturated carbocycles. The summed E-state index contributed by atoms with van der Waals surface area (Å²) in [6.45, 7) is 2.21. The van der Waals surface area contributed by atoms with Crippen LogP contribution in [-0.4, -0.2) is 28.4 Å². The molecule has 4 heteroatoms. The molecule has 21 heavy (non-hydrogen) atoms. The highest BCUT2D eigenvalue weighted by Crippen LogP contribution is 2.35. The van der Waals surface area contributed by atoms with Crippen molar-refractivity contribution in [3.8, 4) is 11.5 Å². The Hall–Kier alpha value is -1.26.